The Balaban J connectivity index is 3.33. The maximum Gasteiger partial charge on any atom is 0.269 e. The molecule has 0 unspecified atom stereocenters. The van der Waals surface area contributed by atoms with Gasteiger partial charge in [-0.25, -0.2) is 18.2 Å². The van der Waals surface area contributed by atoms with Crippen molar-refractivity contribution >= 4 is 27.5 Å². The van der Waals surface area contributed by atoms with E-state index in [-0.39, 0.29) is 4.47 Å². The van der Waals surface area contributed by atoms with Crippen LogP contribution in [0.5, 0.6) is 0 Å². The van der Waals surface area contributed by atoms with Crippen LogP contribution < -0.4 is 0 Å². The van der Waals surface area contributed by atoms with E-state index in [1.807, 2.05) is 0 Å². The largest absolute Gasteiger partial charge is 0.269 e. The Bertz CT molecular complexity index is 305. The van der Waals surface area contributed by atoms with Gasteiger partial charge in [-0.3, -0.25) is 0 Å². The summed E-state index contributed by atoms with van der Waals surface area (Å²) in [6.45, 7) is 0. The molecule has 0 bridgehead atoms. The fraction of sp³-hybridized carbons (Fsp3) is 0.167. The van der Waals surface area contributed by atoms with Gasteiger partial charge in [0.1, 0.15) is 5.15 Å². The molecule has 0 spiro atoms. The Morgan fingerprint density at radius 3 is 2.50 bits per heavy atom. The molecule has 1 heterocycles. The van der Waals surface area contributed by atoms with Crippen molar-refractivity contribution in [2.75, 3.05) is 0 Å². The molecule has 0 aliphatic carbocycles. The predicted molar refractivity (Wildman–Crippen MR) is 41.9 cm³/mol. The first-order chi connectivity index (χ1) is 5.54. The average molecular weight is 260 g/mol. The van der Waals surface area contributed by atoms with E-state index in [9.17, 15) is 13.2 Å². The Labute approximate surface area is 79.7 Å². The first-order valence-electron chi connectivity index (χ1n) is 2.81. The highest BCUT2D eigenvalue weighted by Crippen LogP contribution is 2.31. The van der Waals surface area contributed by atoms with Gasteiger partial charge in [0.2, 0.25) is 0 Å². The lowest BCUT2D eigenvalue weighted by atomic mass is 10.3. The zero-order valence-corrected chi connectivity index (χ0v) is 7.83. The molecule has 6 heteroatoms. The lowest BCUT2D eigenvalue weighted by Crippen LogP contribution is -1.95. The quantitative estimate of drug-likeness (QED) is 0.703. The predicted octanol–water partition coefficient (Wildman–Crippen LogP) is 3.57. The number of pyridine rings is 1. The molecule has 66 valence electrons. The second kappa shape index (κ2) is 3.62. The summed E-state index contributed by atoms with van der Waals surface area (Å²) < 4.78 is 36.9. The molecule has 0 atom stereocenters. The lowest BCUT2D eigenvalue weighted by molar-refractivity contribution is 0.146. The van der Waals surface area contributed by atoms with E-state index in [0.717, 1.165) is 6.20 Å². The lowest BCUT2D eigenvalue weighted by Gasteiger charge is -2.04. The topological polar surface area (TPSA) is 12.9 Å². The Morgan fingerprint density at radius 1 is 1.50 bits per heavy atom. The summed E-state index contributed by atoms with van der Waals surface area (Å²) in [5, 5.41) is -0.509. The summed E-state index contributed by atoms with van der Waals surface area (Å²) in [5.41, 5.74) is -0.869. The van der Waals surface area contributed by atoms with Crippen molar-refractivity contribution in [3.05, 3.63) is 27.2 Å². The van der Waals surface area contributed by atoms with Crippen molar-refractivity contribution in [3.8, 4) is 0 Å². The van der Waals surface area contributed by atoms with E-state index in [0.29, 0.717) is 0 Å². The molecule has 1 aromatic rings. The minimum absolute atomic E-state index is 0.123. The van der Waals surface area contributed by atoms with Crippen LogP contribution in [0.1, 0.15) is 12.0 Å². The van der Waals surface area contributed by atoms with Crippen LogP contribution >= 0.6 is 27.5 Å². The van der Waals surface area contributed by atoms with E-state index in [1.54, 1.807) is 0 Å². The second-order valence-corrected chi connectivity index (χ2v) is 3.14. The van der Waals surface area contributed by atoms with Crippen molar-refractivity contribution < 1.29 is 13.2 Å². The number of halogens is 5. The molecular formula is C6H2BrClF3N. The molecule has 0 aromatic carbocycles. The molecule has 1 aromatic heterocycles. The highest BCUT2D eigenvalue weighted by molar-refractivity contribution is 9.10. The fourth-order valence-electron chi connectivity index (χ4n) is 0.645. The number of hydrogen-bond donors (Lipinski definition) is 0. The van der Waals surface area contributed by atoms with Crippen LogP contribution in [0.4, 0.5) is 13.2 Å². The maximum absolute atomic E-state index is 12.9. The molecule has 0 N–H and O–H groups in total. The molecule has 0 radical (unpaired) electrons. The summed E-state index contributed by atoms with van der Waals surface area (Å²) in [4.78, 5) is 3.36. The Morgan fingerprint density at radius 2 is 2.08 bits per heavy atom. The fourth-order valence-corrected chi connectivity index (χ4v) is 1.17. The number of aromatic nitrogens is 1. The van der Waals surface area contributed by atoms with E-state index in [1.165, 1.54) is 0 Å². The molecule has 1 nitrogen and oxygen atoms in total. The number of hydrogen-bond acceptors (Lipinski definition) is 1. The third kappa shape index (κ3) is 1.72. The standard InChI is InChI=1S/C6H2BrClF3N/c7-2-1-12-5(8)3(4(2)9)6(10)11/h1,6H. The molecule has 1 rings (SSSR count). The van der Waals surface area contributed by atoms with Gasteiger partial charge in [0.25, 0.3) is 6.43 Å². The summed E-state index contributed by atoms with van der Waals surface area (Å²) in [5.74, 6) is -1.06. The summed E-state index contributed by atoms with van der Waals surface area (Å²) in [6.07, 6.45) is -1.92. The SMILES string of the molecule is Fc1c(Br)cnc(Cl)c1C(F)F. The monoisotopic (exact) mass is 259 g/mol. The van der Waals surface area contributed by atoms with Crippen molar-refractivity contribution in [1.82, 2.24) is 4.98 Å². The van der Waals surface area contributed by atoms with Gasteiger partial charge in [-0.1, -0.05) is 11.6 Å². The van der Waals surface area contributed by atoms with Crippen molar-refractivity contribution in [1.29, 1.82) is 0 Å². The van der Waals surface area contributed by atoms with Crippen molar-refractivity contribution in [3.63, 3.8) is 0 Å². The number of rotatable bonds is 1. The van der Waals surface area contributed by atoms with Crippen molar-refractivity contribution in [2.45, 2.75) is 6.43 Å². The van der Waals surface area contributed by atoms with E-state index in [2.05, 4.69) is 20.9 Å². The van der Waals surface area contributed by atoms with Crippen molar-refractivity contribution in [2.24, 2.45) is 0 Å². The molecule has 12 heavy (non-hydrogen) atoms. The Hall–Kier alpha value is -0.290. The van der Waals surface area contributed by atoms with Crippen LogP contribution in [0.3, 0.4) is 0 Å². The Kier molecular flexibility index (Phi) is 2.95. The maximum atomic E-state index is 12.9. The van der Waals surface area contributed by atoms with Gasteiger partial charge in [-0.2, -0.15) is 0 Å². The molecule has 0 fully saturated rings. The van der Waals surface area contributed by atoms with Crippen LogP contribution in [0.15, 0.2) is 10.7 Å². The van der Waals surface area contributed by atoms with Gasteiger partial charge in [-0.15, -0.1) is 0 Å². The van der Waals surface area contributed by atoms with Gasteiger partial charge >= 0.3 is 0 Å². The van der Waals surface area contributed by atoms with Gasteiger partial charge in [0, 0.05) is 6.20 Å². The van der Waals surface area contributed by atoms with E-state index >= 15 is 0 Å². The van der Waals surface area contributed by atoms with Crippen LogP contribution in [0.2, 0.25) is 5.15 Å². The minimum atomic E-state index is -2.96. The number of nitrogens with zero attached hydrogens (tertiary/aromatic N) is 1. The molecule has 0 aliphatic heterocycles. The van der Waals surface area contributed by atoms with Gasteiger partial charge in [0.15, 0.2) is 5.82 Å². The normalized spacial score (nSPS) is 10.8. The highest BCUT2D eigenvalue weighted by Gasteiger charge is 2.20. The third-order valence-electron chi connectivity index (χ3n) is 1.18. The van der Waals surface area contributed by atoms with Gasteiger partial charge < -0.3 is 0 Å². The van der Waals surface area contributed by atoms with Crippen LogP contribution in [0.25, 0.3) is 0 Å². The minimum Gasteiger partial charge on any atom is -0.243 e. The summed E-state index contributed by atoms with van der Waals surface area (Å²) in [6, 6.07) is 0. The van der Waals surface area contributed by atoms with Crippen LogP contribution in [-0.2, 0) is 0 Å². The molecule has 0 saturated heterocycles. The summed E-state index contributed by atoms with van der Waals surface area (Å²) >= 11 is 7.96. The summed E-state index contributed by atoms with van der Waals surface area (Å²) in [7, 11) is 0. The average Bonchev–Trinajstić information content (AvgIpc) is 1.97. The molecule has 0 amide bonds. The van der Waals surface area contributed by atoms with E-state index in [4.69, 9.17) is 11.6 Å². The molecule has 0 saturated carbocycles. The first kappa shape index (κ1) is 9.80. The van der Waals surface area contributed by atoms with Gasteiger partial charge in [-0.05, 0) is 15.9 Å². The molecule has 0 aliphatic rings. The zero-order chi connectivity index (χ0) is 9.30. The second-order valence-electron chi connectivity index (χ2n) is 1.93. The molecular weight excluding hydrogens is 258 g/mol. The smallest absolute Gasteiger partial charge is 0.243 e. The van der Waals surface area contributed by atoms with Crippen LogP contribution in [-0.4, -0.2) is 4.98 Å². The van der Waals surface area contributed by atoms with Gasteiger partial charge in [0.05, 0.1) is 10.0 Å². The van der Waals surface area contributed by atoms with Crippen LogP contribution in [0, 0.1) is 5.82 Å². The highest BCUT2D eigenvalue weighted by atomic mass is 79.9. The number of alkyl halides is 2. The first-order valence-corrected chi connectivity index (χ1v) is 3.98. The van der Waals surface area contributed by atoms with E-state index < -0.39 is 23.0 Å². The third-order valence-corrected chi connectivity index (χ3v) is 2.03. The zero-order valence-electron chi connectivity index (χ0n) is 5.49.